The molecule has 6 heteroatoms. The van der Waals surface area contributed by atoms with E-state index in [0.29, 0.717) is 5.02 Å². The summed E-state index contributed by atoms with van der Waals surface area (Å²) in [4.78, 5) is 28.0. The molecule has 1 atom stereocenters. The van der Waals surface area contributed by atoms with Crippen LogP contribution in [0.5, 0.6) is 0 Å². The van der Waals surface area contributed by atoms with Crippen LogP contribution in [-0.2, 0) is 4.79 Å². The Bertz CT molecular complexity index is 692. The van der Waals surface area contributed by atoms with Gasteiger partial charge < -0.3 is 10.6 Å². The number of hydrogen-bond acceptors (Lipinski definition) is 3. The minimum atomic E-state index is -0.431. The summed E-state index contributed by atoms with van der Waals surface area (Å²) >= 11 is 5.82. The highest BCUT2D eigenvalue weighted by atomic mass is 35.5. The number of nitrogens with one attached hydrogen (secondary N) is 2. The standard InChI is InChI=1S/C18H20ClN3O2/c1-2-6-15(13-7-4-3-5-8-13)22-17(23)12-21-18(24)16-11-14(19)9-10-20-16/h3-5,7-11,15H,2,6,12H2,1H3,(H,21,24)(H,22,23). The molecule has 0 aliphatic heterocycles. The van der Waals surface area contributed by atoms with Crippen molar-refractivity contribution in [3.05, 3.63) is 64.9 Å². The predicted molar refractivity (Wildman–Crippen MR) is 93.8 cm³/mol. The number of halogens is 1. The predicted octanol–water partition coefficient (Wildman–Crippen LogP) is 3.12. The molecule has 0 fully saturated rings. The second-order valence-electron chi connectivity index (χ2n) is 5.36. The van der Waals surface area contributed by atoms with Gasteiger partial charge in [0.05, 0.1) is 12.6 Å². The van der Waals surface area contributed by atoms with E-state index < -0.39 is 5.91 Å². The molecule has 2 rings (SSSR count). The van der Waals surface area contributed by atoms with Crippen LogP contribution >= 0.6 is 11.6 Å². The van der Waals surface area contributed by atoms with Crippen molar-refractivity contribution < 1.29 is 9.59 Å². The largest absolute Gasteiger partial charge is 0.348 e. The number of carbonyl (C=O) groups excluding carboxylic acids is 2. The van der Waals surface area contributed by atoms with E-state index in [9.17, 15) is 9.59 Å². The SMILES string of the molecule is CCCC(NC(=O)CNC(=O)c1cc(Cl)ccn1)c1ccccc1. The van der Waals surface area contributed by atoms with Crippen molar-refractivity contribution in [1.29, 1.82) is 0 Å². The molecule has 0 spiro atoms. The summed E-state index contributed by atoms with van der Waals surface area (Å²) in [5, 5.41) is 5.93. The Labute approximate surface area is 146 Å². The highest BCUT2D eigenvalue weighted by molar-refractivity contribution is 6.30. The number of aromatic nitrogens is 1. The minimum absolute atomic E-state index is 0.0649. The first kappa shape index (κ1) is 17.9. The topological polar surface area (TPSA) is 71.1 Å². The van der Waals surface area contributed by atoms with Gasteiger partial charge in [0, 0.05) is 11.2 Å². The van der Waals surface area contributed by atoms with E-state index in [1.165, 1.54) is 12.3 Å². The Balaban J connectivity index is 1.90. The second kappa shape index (κ2) is 9.03. The molecule has 1 unspecified atom stereocenters. The number of nitrogens with zero attached hydrogens (tertiary/aromatic N) is 1. The van der Waals surface area contributed by atoms with Gasteiger partial charge in [-0.25, -0.2) is 0 Å². The number of amides is 2. The van der Waals surface area contributed by atoms with E-state index in [0.717, 1.165) is 18.4 Å². The summed E-state index contributed by atoms with van der Waals surface area (Å²) in [6.45, 7) is 1.95. The molecule has 0 bridgehead atoms. The van der Waals surface area contributed by atoms with Crippen LogP contribution in [0, 0.1) is 0 Å². The minimum Gasteiger partial charge on any atom is -0.348 e. The van der Waals surface area contributed by atoms with Gasteiger partial charge in [0.25, 0.3) is 5.91 Å². The summed E-state index contributed by atoms with van der Waals surface area (Å²) in [6.07, 6.45) is 3.22. The van der Waals surface area contributed by atoms with Gasteiger partial charge in [-0.2, -0.15) is 0 Å². The lowest BCUT2D eigenvalue weighted by Crippen LogP contribution is -2.38. The molecule has 126 valence electrons. The van der Waals surface area contributed by atoms with Crippen molar-refractivity contribution in [2.24, 2.45) is 0 Å². The third kappa shape index (κ3) is 5.35. The molecule has 2 amide bonds. The maximum atomic E-state index is 12.1. The molecule has 0 radical (unpaired) electrons. The Kier molecular flexibility index (Phi) is 6.75. The van der Waals surface area contributed by atoms with Gasteiger partial charge in [-0.3, -0.25) is 14.6 Å². The Morgan fingerprint density at radius 3 is 2.62 bits per heavy atom. The molecule has 1 aromatic carbocycles. The highest BCUT2D eigenvalue weighted by Crippen LogP contribution is 2.17. The first-order chi connectivity index (χ1) is 11.6. The third-order valence-corrected chi connectivity index (χ3v) is 3.71. The molecule has 1 aromatic heterocycles. The smallest absolute Gasteiger partial charge is 0.270 e. The van der Waals surface area contributed by atoms with Crippen LogP contribution in [0.1, 0.15) is 41.9 Å². The monoisotopic (exact) mass is 345 g/mol. The fraction of sp³-hybridized carbons (Fsp3) is 0.278. The van der Waals surface area contributed by atoms with Gasteiger partial charge in [-0.1, -0.05) is 55.3 Å². The average Bonchev–Trinajstić information content (AvgIpc) is 2.60. The van der Waals surface area contributed by atoms with Crippen molar-refractivity contribution in [2.45, 2.75) is 25.8 Å². The second-order valence-corrected chi connectivity index (χ2v) is 5.80. The van der Waals surface area contributed by atoms with Crippen LogP contribution in [0.4, 0.5) is 0 Å². The highest BCUT2D eigenvalue weighted by Gasteiger charge is 2.15. The van der Waals surface area contributed by atoms with Crippen molar-refractivity contribution in [1.82, 2.24) is 15.6 Å². The van der Waals surface area contributed by atoms with Crippen LogP contribution in [0.2, 0.25) is 5.02 Å². The molecule has 0 aliphatic rings. The van der Waals surface area contributed by atoms with Crippen molar-refractivity contribution in [3.63, 3.8) is 0 Å². The van der Waals surface area contributed by atoms with E-state index in [2.05, 4.69) is 22.5 Å². The summed E-state index contributed by atoms with van der Waals surface area (Å²) in [5.74, 6) is -0.674. The molecule has 24 heavy (non-hydrogen) atoms. The van der Waals surface area contributed by atoms with E-state index in [1.54, 1.807) is 6.07 Å². The molecule has 2 aromatic rings. The molecule has 2 N–H and O–H groups in total. The zero-order valence-electron chi connectivity index (χ0n) is 13.5. The third-order valence-electron chi connectivity index (χ3n) is 3.48. The normalized spacial score (nSPS) is 11.6. The van der Waals surface area contributed by atoms with Gasteiger partial charge in [0.2, 0.25) is 5.91 Å². The quantitative estimate of drug-likeness (QED) is 0.810. The van der Waals surface area contributed by atoms with Crippen LogP contribution in [-0.4, -0.2) is 23.3 Å². The van der Waals surface area contributed by atoms with Crippen molar-refractivity contribution >= 4 is 23.4 Å². The maximum absolute atomic E-state index is 12.1. The van der Waals surface area contributed by atoms with Crippen molar-refractivity contribution in [3.8, 4) is 0 Å². The van der Waals surface area contributed by atoms with Crippen molar-refractivity contribution in [2.75, 3.05) is 6.54 Å². The first-order valence-corrected chi connectivity index (χ1v) is 8.22. The number of benzene rings is 1. The maximum Gasteiger partial charge on any atom is 0.270 e. The summed E-state index contributed by atoms with van der Waals surface area (Å²) in [6, 6.07) is 12.8. The molecular weight excluding hydrogens is 326 g/mol. The number of pyridine rings is 1. The van der Waals surface area contributed by atoms with Crippen LogP contribution in [0.25, 0.3) is 0 Å². The van der Waals surface area contributed by atoms with E-state index in [1.807, 2.05) is 30.3 Å². The van der Waals surface area contributed by atoms with Crippen LogP contribution in [0.15, 0.2) is 48.7 Å². The molecule has 1 heterocycles. The molecule has 0 saturated carbocycles. The Morgan fingerprint density at radius 1 is 1.21 bits per heavy atom. The van der Waals surface area contributed by atoms with Gasteiger partial charge in [0.1, 0.15) is 5.69 Å². The van der Waals surface area contributed by atoms with Gasteiger partial charge >= 0.3 is 0 Å². The summed E-state index contributed by atoms with van der Waals surface area (Å²) in [5.41, 5.74) is 1.24. The Hall–Kier alpha value is -2.40. The number of rotatable bonds is 7. The summed E-state index contributed by atoms with van der Waals surface area (Å²) < 4.78 is 0. The fourth-order valence-corrected chi connectivity index (χ4v) is 2.48. The van der Waals surface area contributed by atoms with E-state index in [-0.39, 0.29) is 24.2 Å². The lowest BCUT2D eigenvalue weighted by Gasteiger charge is -2.18. The van der Waals surface area contributed by atoms with Crippen LogP contribution < -0.4 is 10.6 Å². The van der Waals surface area contributed by atoms with Gasteiger partial charge in [-0.05, 0) is 24.1 Å². The van der Waals surface area contributed by atoms with Gasteiger partial charge in [0.15, 0.2) is 0 Å². The molecule has 0 saturated heterocycles. The molecule has 5 nitrogen and oxygen atoms in total. The zero-order valence-corrected chi connectivity index (χ0v) is 14.2. The zero-order chi connectivity index (χ0) is 17.4. The number of hydrogen-bond donors (Lipinski definition) is 2. The molecular formula is C18H20ClN3O2. The van der Waals surface area contributed by atoms with Gasteiger partial charge in [-0.15, -0.1) is 0 Å². The number of carbonyl (C=O) groups is 2. The molecule has 0 aliphatic carbocycles. The van der Waals surface area contributed by atoms with E-state index >= 15 is 0 Å². The lowest BCUT2D eigenvalue weighted by molar-refractivity contribution is -0.120. The summed E-state index contributed by atoms with van der Waals surface area (Å²) in [7, 11) is 0. The average molecular weight is 346 g/mol. The fourth-order valence-electron chi connectivity index (χ4n) is 2.32. The Morgan fingerprint density at radius 2 is 1.96 bits per heavy atom. The van der Waals surface area contributed by atoms with E-state index in [4.69, 9.17) is 11.6 Å². The van der Waals surface area contributed by atoms with Crippen LogP contribution in [0.3, 0.4) is 0 Å². The lowest BCUT2D eigenvalue weighted by atomic mass is 10.0. The first-order valence-electron chi connectivity index (χ1n) is 7.84.